The number of rotatable bonds is 4. The van der Waals surface area contributed by atoms with Gasteiger partial charge in [-0.15, -0.1) is 0 Å². The number of hydrogen-bond acceptors (Lipinski definition) is 3. The predicted octanol–water partition coefficient (Wildman–Crippen LogP) is 3.20. The van der Waals surface area contributed by atoms with Gasteiger partial charge < -0.3 is 15.0 Å². The van der Waals surface area contributed by atoms with Gasteiger partial charge in [0.2, 0.25) is 0 Å². The van der Waals surface area contributed by atoms with E-state index in [1.165, 1.54) is 32.1 Å². The molecule has 2 heterocycles. The third-order valence-electron chi connectivity index (χ3n) is 5.32. The number of carbonyl (C=O) groups excluding carboxylic acids is 1. The fourth-order valence-electron chi connectivity index (χ4n) is 4.04. The third kappa shape index (κ3) is 3.95. The molecule has 3 rings (SSSR count). The largest absolute Gasteiger partial charge is 0.496 e. The molecule has 2 fully saturated rings. The van der Waals surface area contributed by atoms with E-state index in [-0.39, 0.29) is 6.03 Å². The zero-order valence-electron chi connectivity index (χ0n) is 14.0. The summed E-state index contributed by atoms with van der Waals surface area (Å²) >= 11 is 0. The summed E-state index contributed by atoms with van der Waals surface area (Å²) in [4.78, 5) is 18.6. The summed E-state index contributed by atoms with van der Waals surface area (Å²) < 4.78 is 5.30. The lowest BCUT2D eigenvalue weighted by molar-refractivity contribution is 0.142. The van der Waals surface area contributed by atoms with E-state index in [1.54, 1.807) is 19.5 Å². The van der Waals surface area contributed by atoms with E-state index in [0.29, 0.717) is 12.5 Å². The molecule has 0 aromatic carbocycles. The van der Waals surface area contributed by atoms with Crippen LogP contribution in [0, 0.1) is 11.8 Å². The zero-order chi connectivity index (χ0) is 16.1. The maximum absolute atomic E-state index is 12.5. The van der Waals surface area contributed by atoms with Gasteiger partial charge in [0, 0.05) is 37.6 Å². The van der Waals surface area contributed by atoms with Crippen molar-refractivity contribution in [2.45, 2.75) is 45.1 Å². The second-order valence-electron chi connectivity index (χ2n) is 6.74. The molecule has 0 unspecified atom stereocenters. The molecule has 1 atom stereocenters. The third-order valence-corrected chi connectivity index (χ3v) is 5.32. The number of hydrogen-bond donors (Lipinski definition) is 1. The average Bonchev–Trinajstić information content (AvgIpc) is 3.14. The number of urea groups is 1. The Kier molecular flexibility index (Phi) is 5.36. The van der Waals surface area contributed by atoms with Crippen LogP contribution in [0.1, 0.15) is 44.1 Å². The summed E-state index contributed by atoms with van der Waals surface area (Å²) in [5.74, 6) is 2.30. The normalized spacial score (nSPS) is 22.1. The van der Waals surface area contributed by atoms with Crippen molar-refractivity contribution in [1.29, 1.82) is 0 Å². The van der Waals surface area contributed by atoms with Crippen LogP contribution < -0.4 is 10.1 Å². The quantitative estimate of drug-likeness (QED) is 0.928. The van der Waals surface area contributed by atoms with Crippen LogP contribution in [-0.4, -0.2) is 36.1 Å². The Morgan fingerprint density at radius 1 is 1.30 bits per heavy atom. The number of piperidine rings is 1. The molecule has 2 amide bonds. The van der Waals surface area contributed by atoms with E-state index < -0.39 is 0 Å². The van der Waals surface area contributed by atoms with Gasteiger partial charge in [-0.2, -0.15) is 0 Å². The standard InChI is InChI=1S/C18H27N3O2/c1-23-17-8-9-19-11-16(17)12-20-18(22)21-10-4-7-15(13-21)14-5-2-3-6-14/h8-9,11,14-15H,2-7,10,12-13H2,1H3,(H,20,22)/t15-/m0/s1. The number of nitrogens with zero attached hydrogens (tertiary/aromatic N) is 2. The fraction of sp³-hybridized carbons (Fsp3) is 0.667. The fourth-order valence-corrected chi connectivity index (χ4v) is 4.04. The van der Waals surface area contributed by atoms with Crippen molar-refractivity contribution >= 4 is 6.03 Å². The highest BCUT2D eigenvalue weighted by atomic mass is 16.5. The van der Waals surface area contributed by atoms with Crippen LogP contribution in [0.2, 0.25) is 0 Å². The van der Waals surface area contributed by atoms with Crippen LogP contribution in [0.15, 0.2) is 18.5 Å². The molecule has 0 bridgehead atoms. The number of likely N-dealkylation sites (tertiary alicyclic amines) is 1. The van der Waals surface area contributed by atoms with Gasteiger partial charge in [0.1, 0.15) is 5.75 Å². The van der Waals surface area contributed by atoms with Crippen LogP contribution in [0.5, 0.6) is 5.75 Å². The molecule has 1 aliphatic heterocycles. The molecule has 0 radical (unpaired) electrons. The highest BCUT2D eigenvalue weighted by Gasteiger charge is 2.30. The van der Waals surface area contributed by atoms with Crippen molar-refractivity contribution in [1.82, 2.24) is 15.2 Å². The zero-order valence-corrected chi connectivity index (χ0v) is 14.0. The smallest absolute Gasteiger partial charge is 0.317 e. The SMILES string of the molecule is COc1ccncc1CNC(=O)N1CCC[C@H](C2CCCC2)C1. The van der Waals surface area contributed by atoms with Crippen molar-refractivity contribution in [3.63, 3.8) is 0 Å². The lowest BCUT2D eigenvalue weighted by Crippen LogP contribution is -2.46. The van der Waals surface area contributed by atoms with Gasteiger partial charge >= 0.3 is 6.03 Å². The first-order valence-corrected chi connectivity index (χ1v) is 8.77. The number of amides is 2. The van der Waals surface area contributed by atoms with Gasteiger partial charge in [-0.25, -0.2) is 4.79 Å². The molecule has 1 aliphatic carbocycles. The highest BCUT2D eigenvalue weighted by molar-refractivity contribution is 5.74. The van der Waals surface area contributed by atoms with Crippen LogP contribution in [0.4, 0.5) is 4.79 Å². The minimum atomic E-state index is 0.0404. The molecule has 0 spiro atoms. The molecule has 5 nitrogen and oxygen atoms in total. The predicted molar refractivity (Wildman–Crippen MR) is 89.3 cm³/mol. The van der Waals surface area contributed by atoms with Crippen molar-refractivity contribution in [3.8, 4) is 5.75 Å². The van der Waals surface area contributed by atoms with Gasteiger partial charge in [-0.05, 0) is 30.7 Å². The Morgan fingerprint density at radius 2 is 2.09 bits per heavy atom. The Morgan fingerprint density at radius 3 is 2.87 bits per heavy atom. The number of carbonyl (C=O) groups is 1. The molecule has 1 aromatic heterocycles. The van der Waals surface area contributed by atoms with E-state index in [0.717, 1.165) is 36.7 Å². The Labute approximate surface area is 138 Å². The van der Waals surface area contributed by atoms with Crippen molar-refractivity contribution in [2.75, 3.05) is 20.2 Å². The Bertz CT molecular complexity index is 529. The molecule has 1 saturated carbocycles. The van der Waals surface area contributed by atoms with Crippen LogP contribution in [0.25, 0.3) is 0 Å². The van der Waals surface area contributed by atoms with E-state index >= 15 is 0 Å². The summed E-state index contributed by atoms with van der Waals surface area (Å²) in [6.07, 6.45) is 11.3. The molecule has 1 saturated heterocycles. The van der Waals surface area contributed by atoms with Crippen LogP contribution in [0.3, 0.4) is 0 Å². The minimum absolute atomic E-state index is 0.0404. The van der Waals surface area contributed by atoms with Crippen molar-refractivity contribution in [2.24, 2.45) is 11.8 Å². The van der Waals surface area contributed by atoms with Crippen LogP contribution in [-0.2, 0) is 6.54 Å². The first kappa shape index (κ1) is 16.1. The molecule has 5 heteroatoms. The average molecular weight is 317 g/mol. The molecular weight excluding hydrogens is 290 g/mol. The second kappa shape index (κ2) is 7.66. The van der Waals surface area contributed by atoms with Gasteiger partial charge in [0.15, 0.2) is 0 Å². The van der Waals surface area contributed by atoms with Crippen LogP contribution >= 0.6 is 0 Å². The Balaban J connectivity index is 1.53. The number of ether oxygens (including phenoxy) is 1. The summed E-state index contributed by atoms with van der Waals surface area (Å²) in [6.45, 7) is 2.25. The molecule has 126 valence electrons. The van der Waals surface area contributed by atoms with Gasteiger partial charge in [0.05, 0.1) is 7.11 Å². The first-order chi connectivity index (χ1) is 11.3. The summed E-state index contributed by atoms with van der Waals surface area (Å²) in [6, 6.07) is 1.86. The molecule has 2 aliphatic rings. The van der Waals surface area contributed by atoms with Gasteiger partial charge in [-0.1, -0.05) is 25.7 Å². The first-order valence-electron chi connectivity index (χ1n) is 8.77. The van der Waals surface area contributed by atoms with E-state index in [2.05, 4.69) is 10.3 Å². The molecule has 23 heavy (non-hydrogen) atoms. The number of methoxy groups -OCH3 is 1. The lowest BCUT2D eigenvalue weighted by atomic mass is 9.84. The van der Waals surface area contributed by atoms with E-state index in [9.17, 15) is 4.79 Å². The topological polar surface area (TPSA) is 54.5 Å². The van der Waals surface area contributed by atoms with Crippen molar-refractivity contribution in [3.05, 3.63) is 24.0 Å². The number of nitrogens with one attached hydrogen (secondary N) is 1. The lowest BCUT2D eigenvalue weighted by Gasteiger charge is -2.35. The summed E-state index contributed by atoms with van der Waals surface area (Å²) in [7, 11) is 1.64. The highest BCUT2D eigenvalue weighted by Crippen LogP contribution is 2.35. The molecule has 1 aromatic rings. The van der Waals surface area contributed by atoms with Gasteiger partial charge in [-0.3, -0.25) is 4.98 Å². The summed E-state index contributed by atoms with van der Waals surface area (Å²) in [5.41, 5.74) is 0.910. The minimum Gasteiger partial charge on any atom is -0.496 e. The number of pyridine rings is 1. The van der Waals surface area contributed by atoms with E-state index in [4.69, 9.17) is 4.74 Å². The maximum Gasteiger partial charge on any atom is 0.317 e. The monoisotopic (exact) mass is 317 g/mol. The molecular formula is C18H27N3O2. The van der Waals surface area contributed by atoms with Gasteiger partial charge in [0.25, 0.3) is 0 Å². The Hall–Kier alpha value is -1.78. The van der Waals surface area contributed by atoms with E-state index in [1.807, 2.05) is 11.0 Å². The maximum atomic E-state index is 12.5. The second-order valence-corrected chi connectivity index (χ2v) is 6.74. The summed E-state index contributed by atoms with van der Waals surface area (Å²) in [5, 5.41) is 3.02. The number of aromatic nitrogens is 1. The van der Waals surface area contributed by atoms with Crippen molar-refractivity contribution < 1.29 is 9.53 Å². The molecule has 1 N–H and O–H groups in total.